The molecule has 1 atom stereocenters. The number of hydrogen-bond acceptors (Lipinski definition) is 5. The maximum Gasteiger partial charge on any atom is 0.251 e. The lowest BCUT2D eigenvalue weighted by atomic mass is 10.1. The number of hydrogen-bond donors (Lipinski definition) is 1. The van der Waals surface area contributed by atoms with E-state index in [0.29, 0.717) is 10.4 Å². The van der Waals surface area contributed by atoms with E-state index in [0.717, 1.165) is 5.69 Å². The Morgan fingerprint density at radius 2 is 2.17 bits per heavy atom. The molecule has 0 aliphatic heterocycles. The fourth-order valence-corrected chi connectivity index (χ4v) is 2.99. The van der Waals surface area contributed by atoms with E-state index in [1.54, 1.807) is 41.3 Å². The van der Waals surface area contributed by atoms with Crippen molar-refractivity contribution in [2.75, 3.05) is 0 Å². The highest BCUT2D eigenvalue weighted by molar-refractivity contribution is 7.12. The van der Waals surface area contributed by atoms with Crippen LogP contribution in [-0.2, 0) is 0 Å². The van der Waals surface area contributed by atoms with Gasteiger partial charge in [0.25, 0.3) is 5.91 Å². The average Bonchev–Trinajstić information content (AvgIpc) is 3.28. The zero-order valence-corrected chi connectivity index (χ0v) is 13.9. The standard InChI is InChI=1S/C17H16N4O2S/c1-12(10-15(22)16-6-3-9-24-16)19-17(23)13-4-2-5-14(11-13)21-8-7-18-20-21/h2-9,11-12H,10H2,1H3,(H,19,23)/t12-/m0/s1. The van der Waals surface area contributed by atoms with E-state index in [9.17, 15) is 9.59 Å². The predicted molar refractivity (Wildman–Crippen MR) is 91.6 cm³/mol. The Balaban J connectivity index is 1.64. The summed E-state index contributed by atoms with van der Waals surface area (Å²) >= 11 is 1.41. The molecule has 0 aliphatic carbocycles. The van der Waals surface area contributed by atoms with Gasteiger partial charge in [0, 0.05) is 18.0 Å². The summed E-state index contributed by atoms with van der Waals surface area (Å²) in [5.74, 6) is -0.183. The largest absolute Gasteiger partial charge is 0.349 e. The molecule has 0 aliphatic rings. The molecule has 0 unspecified atom stereocenters. The van der Waals surface area contributed by atoms with Gasteiger partial charge in [-0.2, -0.15) is 0 Å². The maximum atomic E-state index is 12.4. The van der Waals surface area contributed by atoms with Gasteiger partial charge < -0.3 is 5.32 Å². The Hall–Kier alpha value is -2.80. The van der Waals surface area contributed by atoms with Crippen LogP contribution in [-0.4, -0.2) is 32.7 Å². The second-order valence-corrected chi connectivity index (χ2v) is 6.32. The smallest absolute Gasteiger partial charge is 0.251 e. The van der Waals surface area contributed by atoms with Crippen LogP contribution in [0.2, 0.25) is 0 Å². The zero-order valence-electron chi connectivity index (χ0n) is 13.0. The first kappa shape index (κ1) is 16.1. The normalized spacial score (nSPS) is 11.9. The molecule has 0 saturated carbocycles. The molecule has 0 spiro atoms. The minimum absolute atomic E-state index is 0.0363. The number of carbonyl (C=O) groups excluding carboxylic acids is 2. The molecule has 3 aromatic rings. The second-order valence-electron chi connectivity index (χ2n) is 5.38. The molecule has 0 bridgehead atoms. The van der Waals surface area contributed by atoms with Crippen LogP contribution in [0.4, 0.5) is 0 Å². The lowest BCUT2D eigenvalue weighted by Gasteiger charge is -2.13. The number of amides is 1. The summed E-state index contributed by atoms with van der Waals surface area (Å²) in [5.41, 5.74) is 1.26. The summed E-state index contributed by atoms with van der Waals surface area (Å²) in [6.07, 6.45) is 3.55. The number of ketones is 1. The molecule has 6 nitrogen and oxygen atoms in total. The summed E-state index contributed by atoms with van der Waals surface area (Å²) < 4.78 is 1.58. The molecule has 0 fully saturated rings. The van der Waals surface area contributed by atoms with Gasteiger partial charge >= 0.3 is 0 Å². The van der Waals surface area contributed by atoms with Gasteiger partial charge in [0.05, 0.1) is 23.0 Å². The molecule has 1 N–H and O–H groups in total. The van der Waals surface area contributed by atoms with E-state index in [1.165, 1.54) is 11.3 Å². The third-order valence-electron chi connectivity index (χ3n) is 3.46. The quantitative estimate of drug-likeness (QED) is 0.700. The topological polar surface area (TPSA) is 76.9 Å². The highest BCUT2D eigenvalue weighted by atomic mass is 32.1. The van der Waals surface area contributed by atoms with Crippen molar-refractivity contribution in [1.29, 1.82) is 0 Å². The Morgan fingerprint density at radius 3 is 2.88 bits per heavy atom. The first-order valence-electron chi connectivity index (χ1n) is 7.48. The minimum Gasteiger partial charge on any atom is -0.349 e. The first-order chi connectivity index (χ1) is 11.6. The van der Waals surface area contributed by atoms with E-state index in [2.05, 4.69) is 15.6 Å². The third-order valence-corrected chi connectivity index (χ3v) is 4.37. The zero-order chi connectivity index (χ0) is 16.9. The van der Waals surface area contributed by atoms with Crippen LogP contribution in [0, 0.1) is 0 Å². The number of nitrogens with one attached hydrogen (secondary N) is 1. The fourth-order valence-electron chi connectivity index (χ4n) is 2.31. The highest BCUT2D eigenvalue weighted by Crippen LogP contribution is 2.13. The minimum atomic E-state index is -0.248. The van der Waals surface area contributed by atoms with Crippen molar-refractivity contribution in [2.24, 2.45) is 0 Å². The van der Waals surface area contributed by atoms with Crippen molar-refractivity contribution in [1.82, 2.24) is 20.3 Å². The molecule has 7 heteroatoms. The predicted octanol–water partition coefficient (Wildman–Crippen LogP) is 2.72. The van der Waals surface area contributed by atoms with E-state index in [4.69, 9.17) is 0 Å². The summed E-state index contributed by atoms with van der Waals surface area (Å²) in [4.78, 5) is 25.2. The third kappa shape index (κ3) is 3.75. The van der Waals surface area contributed by atoms with Gasteiger partial charge in [-0.1, -0.05) is 17.3 Å². The number of rotatable bonds is 6. The number of carbonyl (C=O) groups is 2. The van der Waals surface area contributed by atoms with Crippen LogP contribution in [0.25, 0.3) is 5.69 Å². The van der Waals surface area contributed by atoms with Gasteiger partial charge in [0.15, 0.2) is 5.78 Å². The van der Waals surface area contributed by atoms with E-state index < -0.39 is 0 Å². The number of Topliss-reactive ketones (excluding diaryl/α,β-unsaturated/α-hetero) is 1. The van der Waals surface area contributed by atoms with Crippen molar-refractivity contribution in [3.8, 4) is 5.69 Å². The molecule has 0 saturated heterocycles. The molecule has 1 aromatic carbocycles. The monoisotopic (exact) mass is 340 g/mol. The van der Waals surface area contributed by atoms with Crippen LogP contribution in [0.3, 0.4) is 0 Å². The molecule has 122 valence electrons. The Labute approximate surface area is 143 Å². The van der Waals surface area contributed by atoms with E-state index in [1.807, 2.05) is 24.4 Å². The number of thiophene rings is 1. The Kier molecular flexibility index (Phi) is 4.81. The van der Waals surface area contributed by atoms with Gasteiger partial charge in [-0.05, 0) is 36.6 Å². The average molecular weight is 340 g/mol. The van der Waals surface area contributed by atoms with Crippen LogP contribution in [0.15, 0.2) is 54.2 Å². The van der Waals surface area contributed by atoms with Crippen LogP contribution >= 0.6 is 11.3 Å². The summed E-state index contributed by atoms with van der Waals surface area (Å²) in [6.45, 7) is 1.82. The molecule has 2 heterocycles. The Bertz CT molecular complexity index is 828. The van der Waals surface area contributed by atoms with Crippen LogP contribution in [0.5, 0.6) is 0 Å². The highest BCUT2D eigenvalue weighted by Gasteiger charge is 2.15. The lowest BCUT2D eigenvalue weighted by molar-refractivity contribution is 0.0919. The SMILES string of the molecule is C[C@@H](CC(=O)c1cccs1)NC(=O)c1cccc(-n2ccnn2)c1. The summed E-state index contributed by atoms with van der Waals surface area (Å²) in [5, 5.41) is 12.4. The van der Waals surface area contributed by atoms with Crippen molar-refractivity contribution in [2.45, 2.75) is 19.4 Å². The number of benzene rings is 1. The summed E-state index contributed by atoms with van der Waals surface area (Å²) in [7, 11) is 0. The molecule has 24 heavy (non-hydrogen) atoms. The molecular weight excluding hydrogens is 324 g/mol. The van der Waals surface area contributed by atoms with Gasteiger partial charge in [0.1, 0.15) is 0 Å². The van der Waals surface area contributed by atoms with Gasteiger partial charge in [-0.15, -0.1) is 16.4 Å². The molecule has 3 rings (SSSR count). The number of aromatic nitrogens is 3. The number of nitrogens with zero attached hydrogens (tertiary/aromatic N) is 3. The van der Waals surface area contributed by atoms with Gasteiger partial charge in [-0.3, -0.25) is 9.59 Å². The fraction of sp³-hybridized carbons (Fsp3) is 0.176. The lowest BCUT2D eigenvalue weighted by Crippen LogP contribution is -2.34. The van der Waals surface area contributed by atoms with Crippen molar-refractivity contribution >= 4 is 23.0 Å². The first-order valence-corrected chi connectivity index (χ1v) is 8.36. The van der Waals surface area contributed by atoms with E-state index >= 15 is 0 Å². The van der Waals surface area contributed by atoms with Crippen molar-refractivity contribution in [3.63, 3.8) is 0 Å². The molecular formula is C17H16N4O2S. The molecule has 2 aromatic heterocycles. The second kappa shape index (κ2) is 7.18. The summed E-state index contributed by atoms with van der Waals surface area (Å²) in [6, 6.07) is 10.5. The maximum absolute atomic E-state index is 12.4. The van der Waals surface area contributed by atoms with Crippen LogP contribution in [0.1, 0.15) is 33.4 Å². The Morgan fingerprint density at radius 1 is 1.29 bits per heavy atom. The van der Waals surface area contributed by atoms with Crippen LogP contribution < -0.4 is 5.32 Å². The van der Waals surface area contributed by atoms with Gasteiger partial charge in [-0.25, -0.2) is 4.68 Å². The molecule has 0 radical (unpaired) electrons. The van der Waals surface area contributed by atoms with E-state index in [-0.39, 0.29) is 24.2 Å². The van der Waals surface area contributed by atoms with Crippen molar-refractivity contribution in [3.05, 3.63) is 64.6 Å². The van der Waals surface area contributed by atoms with Gasteiger partial charge in [0.2, 0.25) is 0 Å². The van der Waals surface area contributed by atoms with Crippen molar-refractivity contribution < 1.29 is 9.59 Å². The molecule has 1 amide bonds.